The first-order chi connectivity index (χ1) is 13.6. The summed E-state index contributed by atoms with van der Waals surface area (Å²) in [7, 11) is 0. The van der Waals surface area contributed by atoms with E-state index < -0.39 is 0 Å². The third-order valence-corrected chi connectivity index (χ3v) is 6.70. The summed E-state index contributed by atoms with van der Waals surface area (Å²) in [5.41, 5.74) is 1.32. The highest BCUT2D eigenvalue weighted by atomic mass is 35.5. The number of imide groups is 1. The second-order valence-corrected chi connectivity index (χ2v) is 8.77. The van der Waals surface area contributed by atoms with Crippen molar-refractivity contribution in [3.8, 4) is 0 Å². The first-order valence-electron chi connectivity index (χ1n) is 9.76. The molecular formula is C23H22ClNO2S. The van der Waals surface area contributed by atoms with Gasteiger partial charge >= 0.3 is 0 Å². The van der Waals surface area contributed by atoms with Gasteiger partial charge in [0.1, 0.15) is 0 Å². The van der Waals surface area contributed by atoms with Crippen LogP contribution < -0.4 is 0 Å². The van der Waals surface area contributed by atoms with Crippen molar-refractivity contribution in [3.05, 3.63) is 70.1 Å². The average Bonchev–Trinajstić information content (AvgIpc) is 2.88. The van der Waals surface area contributed by atoms with Gasteiger partial charge in [-0.2, -0.15) is 0 Å². The van der Waals surface area contributed by atoms with Crippen LogP contribution in [-0.2, 0) is 9.59 Å². The first kappa shape index (κ1) is 19.3. The van der Waals surface area contributed by atoms with Gasteiger partial charge in [0, 0.05) is 16.0 Å². The third kappa shape index (κ3) is 3.89. The highest BCUT2D eigenvalue weighted by Gasteiger charge is 2.42. The Morgan fingerprint density at radius 1 is 0.821 bits per heavy atom. The van der Waals surface area contributed by atoms with E-state index in [2.05, 4.69) is 0 Å². The zero-order chi connectivity index (χ0) is 19.5. The van der Waals surface area contributed by atoms with Crippen molar-refractivity contribution in [2.24, 2.45) is 0 Å². The lowest BCUT2D eigenvalue weighted by Gasteiger charge is -2.25. The van der Waals surface area contributed by atoms with Crippen molar-refractivity contribution in [2.45, 2.75) is 49.5 Å². The van der Waals surface area contributed by atoms with Crippen molar-refractivity contribution >= 4 is 40.8 Å². The summed E-state index contributed by atoms with van der Waals surface area (Å²) in [6.07, 6.45) is 6.30. The maximum atomic E-state index is 13.4. The van der Waals surface area contributed by atoms with Crippen molar-refractivity contribution in [2.75, 3.05) is 0 Å². The van der Waals surface area contributed by atoms with E-state index in [1.54, 1.807) is 12.1 Å². The van der Waals surface area contributed by atoms with Gasteiger partial charge < -0.3 is 0 Å². The largest absolute Gasteiger partial charge is 0.271 e. The Labute approximate surface area is 174 Å². The molecule has 1 saturated carbocycles. The van der Waals surface area contributed by atoms with Crippen LogP contribution in [0.2, 0.25) is 5.02 Å². The normalized spacial score (nSPS) is 18.7. The van der Waals surface area contributed by atoms with Crippen LogP contribution in [-0.4, -0.2) is 22.8 Å². The molecule has 2 aromatic carbocycles. The summed E-state index contributed by atoms with van der Waals surface area (Å²) in [6, 6.07) is 16.9. The Morgan fingerprint density at radius 2 is 1.46 bits per heavy atom. The van der Waals surface area contributed by atoms with Crippen LogP contribution >= 0.6 is 23.4 Å². The molecule has 5 heteroatoms. The maximum Gasteiger partial charge on any atom is 0.268 e. The fourth-order valence-corrected chi connectivity index (χ4v) is 5.08. The zero-order valence-corrected chi connectivity index (χ0v) is 17.1. The number of benzene rings is 2. The minimum atomic E-state index is -0.157. The summed E-state index contributed by atoms with van der Waals surface area (Å²) < 4.78 is 0. The molecule has 1 aliphatic carbocycles. The lowest BCUT2D eigenvalue weighted by molar-refractivity contribution is -0.139. The van der Waals surface area contributed by atoms with Gasteiger partial charge in [0.15, 0.2) is 0 Å². The predicted octanol–water partition coefficient (Wildman–Crippen LogP) is 5.94. The SMILES string of the molecule is O=C1C(Sc2ccc(Cl)cc2)=C(c2ccccc2)C(=O)N1C1CCCCCC1. The van der Waals surface area contributed by atoms with Gasteiger partial charge in [-0.1, -0.05) is 79.4 Å². The number of thioether (sulfide) groups is 1. The zero-order valence-electron chi connectivity index (χ0n) is 15.6. The summed E-state index contributed by atoms with van der Waals surface area (Å²) in [5, 5.41) is 0.649. The number of carbonyl (C=O) groups excluding carboxylic acids is 2. The van der Waals surface area contributed by atoms with E-state index in [1.165, 1.54) is 29.5 Å². The summed E-state index contributed by atoms with van der Waals surface area (Å²) in [5.74, 6) is -0.310. The molecule has 0 spiro atoms. The number of amides is 2. The van der Waals surface area contributed by atoms with Gasteiger partial charge in [0.25, 0.3) is 11.8 Å². The standard InChI is InChI=1S/C23H22ClNO2S/c24-17-12-14-19(15-13-17)28-21-20(16-8-4-3-5-9-16)22(26)25(23(21)27)18-10-6-1-2-7-11-18/h3-5,8-9,12-15,18H,1-2,6-7,10-11H2. The molecule has 1 aliphatic heterocycles. The van der Waals surface area contributed by atoms with Crippen molar-refractivity contribution in [3.63, 3.8) is 0 Å². The van der Waals surface area contributed by atoms with E-state index in [4.69, 9.17) is 11.6 Å². The van der Waals surface area contributed by atoms with Crippen LogP contribution in [0.25, 0.3) is 5.57 Å². The van der Waals surface area contributed by atoms with Crippen LogP contribution in [0, 0.1) is 0 Å². The quantitative estimate of drug-likeness (QED) is 0.461. The molecule has 0 unspecified atom stereocenters. The molecule has 1 fully saturated rings. The van der Waals surface area contributed by atoms with E-state index in [9.17, 15) is 9.59 Å². The summed E-state index contributed by atoms with van der Waals surface area (Å²) in [4.78, 5) is 29.7. The summed E-state index contributed by atoms with van der Waals surface area (Å²) in [6.45, 7) is 0. The van der Waals surface area contributed by atoms with Gasteiger partial charge in [0.05, 0.1) is 10.5 Å². The summed E-state index contributed by atoms with van der Waals surface area (Å²) >= 11 is 7.35. The molecule has 1 heterocycles. The molecule has 0 radical (unpaired) electrons. The number of hydrogen-bond acceptors (Lipinski definition) is 3. The molecular weight excluding hydrogens is 390 g/mol. The van der Waals surface area contributed by atoms with Crippen LogP contribution in [0.1, 0.15) is 44.1 Å². The maximum absolute atomic E-state index is 13.4. The first-order valence-corrected chi connectivity index (χ1v) is 11.0. The van der Waals surface area contributed by atoms with Gasteiger partial charge in [-0.3, -0.25) is 14.5 Å². The van der Waals surface area contributed by atoms with Crippen molar-refractivity contribution < 1.29 is 9.59 Å². The second kappa shape index (κ2) is 8.54. The molecule has 0 N–H and O–H groups in total. The lowest BCUT2D eigenvalue weighted by atomic mass is 10.0. The monoisotopic (exact) mass is 411 g/mol. The van der Waals surface area contributed by atoms with E-state index in [-0.39, 0.29) is 17.9 Å². The molecule has 0 atom stereocenters. The van der Waals surface area contributed by atoms with E-state index in [0.717, 1.165) is 36.1 Å². The Hall–Kier alpha value is -2.04. The topological polar surface area (TPSA) is 37.4 Å². The molecule has 0 saturated heterocycles. The van der Waals surface area contributed by atoms with Crippen molar-refractivity contribution in [1.29, 1.82) is 0 Å². The number of halogens is 1. The molecule has 2 amide bonds. The predicted molar refractivity (Wildman–Crippen MR) is 114 cm³/mol. The molecule has 144 valence electrons. The lowest BCUT2D eigenvalue weighted by Crippen LogP contribution is -2.40. The number of hydrogen-bond donors (Lipinski definition) is 0. The van der Waals surface area contributed by atoms with Crippen LogP contribution in [0.3, 0.4) is 0 Å². The molecule has 2 aliphatic rings. The van der Waals surface area contributed by atoms with Gasteiger partial charge in [-0.15, -0.1) is 0 Å². The number of rotatable bonds is 4. The molecule has 0 bridgehead atoms. The highest BCUT2D eigenvalue weighted by Crippen LogP contribution is 2.41. The minimum Gasteiger partial charge on any atom is -0.271 e. The number of nitrogens with zero attached hydrogens (tertiary/aromatic N) is 1. The van der Waals surface area contributed by atoms with Crippen LogP contribution in [0.5, 0.6) is 0 Å². The minimum absolute atomic E-state index is 0.00419. The van der Waals surface area contributed by atoms with E-state index in [0.29, 0.717) is 15.5 Å². The average molecular weight is 412 g/mol. The fraction of sp³-hybridized carbons (Fsp3) is 0.304. The van der Waals surface area contributed by atoms with Crippen LogP contribution in [0.15, 0.2) is 64.4 Å². The van der Waals surface area contributed by atoms with E-state index >= 15 is 0 Å². The Kier molecular flexibility index (Phi) is 5.88. The van der Waals surface area contributed by atoms with Crippen molar-refractivity contribution in [1.82, 2.24) is 4.90 Å². The van der Waals surface area contributed by atoms with Crippen LogP contribution in [0.4, 0.5) is 0 Å². The molecule has 28 heavy (non-hydrogen) atoms. The third-order valence-electron chi connectivity index (χ3n) is 5.36. The van der Waals surface area contributed by atoms with Gasteiger partial charge in [-0.05, 0) is 42.7 Å². The van der Waals surface area contributed by atoms with Gasteiger partial charge in [0.2, 0.25) is 0 Å². The smallest absolute Gasteiger partial charge is 0.268 e. The Balaban J connectivity index is 1.72. The fourth-order valence-electron chi connectivity index (χ4n) is 3.95. The molecule has 0 aromatic heterocycles. The second-order valence-electron chi connectivity index (χ2n) is 7.25. The van der Waals surface area contributed by atoms with Gasteiger partial charge in [-0.25, -0.2) is 0 Å². The van der Waals surface area contributed by atoms with E-state index in [1.807, 2.05) is 42.5 Å². The molecule has 4 rings (SSSR count). The molecule has 3 nitrogen and oxygen atoms in total. The Bertz CT molecular complexity index is 900. The molecule has 2 aromatic rings. The highest BCUT2D eigenvalue weighted by molar-refractivity contribution is 8.04. The number of carbonyl (C=O) groups is 2. The Morgan fingerprint density at radius 3 is 2.11 bits per heavy atom.